The molecule has 0 spiro atoms. The van der Waals surface area contributed by atoms with Crippen molar-refractivity contribution in [3.63, 3.8) is 0 Å². The summed E-state index contributed by atoms with van der Waals surface area (Å²) in [4.78, 5) is 12.7. The number of nitro benzene ring substituents is 1. The van der Waals surface area contributed by atoms with Crippen LogP contribution in [0.4, 0.5) is 22.7 Å². The zero-order valence-electron chi connectivity index (χ0n) is 13.1. The third-order valence-electron chi connectivity index (χ3n) is 3.65. The first-order valence-corrected chi connectivity index (χ1v) is 7.43. The Morgan fingerprint density at radius 3 is 1.83 bits per heavy atom. The minimum absolute atomic E-state index is 0.0534. The van der Waals surface area contributed by atoms with Gasteiger partial charge in [0.15, 0.2) is 5.75 Å². The van der Waals surface area contributed by atoms with E-state index >= 15 is 0 Å². The van der Waals surface area contributed by atoms with Crippen molar-refractivity contribution in [1.82, 2.24) is 0 Å². The van der Waals surface area contributed by atoms with Gasteiger partial charge in [-0.15, -0.1) is 0 Å². The van der Waals surface area contributed by atoms with Crippen molar-refractivity contribution < 1.29 is 9.66 Å². The summed E-state index contributed by atoms with van der Waals surface area (Å²) in [6.45, 7) is 0. The van der Waals surface area contributed by atoms with Crippen LogP contribution in [0.15, 0.2) is 78.9 Å². The van der Waals surface area contributed by atoms with Gasteiger partial charge >= 0.3 is 5.69 Å². The van der Waals surface area contributed by atoms with Crippen LogP contribution in [0, 0.1) is 10.1 Å². The highest BCUT2D eigenvalue weighted by Gasteiger charge is 2.19. The van der Waals surface area contributed by atoms with Gasteiger partial charge in [0.1, 0.15) is 0 Å². The van der Waals surface area contributed by atoms with Gasteiger partial charge in [-0.1, -0.05) is 36.4 Å². The normalized spacial score (nSPS) is 10.2. The summed E-state index contributed by atoms with van der Waals surface area (Å²) in [5, 5.41) is 11.1. The van der Waals surface area contributed by atoms with Crippen LogP contribution in [0.3, 0.4) is 0 Å². The summed E-state index contributed by atoms with van der Waals surface area (Å²) in [5.41, 5.74) is 2.65. The fourth-order valence-electron chi connectivity index (χ4n) is 2.56. The molecular formula is C19H16N2O3. The molecule has 0 aliphatic rings. The van der Waals surface area contributed by atoms with E-state index in [1.54, 1.807) is 12.1 Å². The van der Waals surface area contributed by atoms with E-state index in [2.05, 4.69) is 0 Å². The van der Waals surface area contributed by atoms with E-state index in [1.165, 1.54) is 13.2 Å². The molecule has 24 heavy (non-hydrogen) atoms. The minimum atomic E-state index is -0.446. The molecule has 3 aromatic carbocycles. The van der Waals surface area contributed by atoms with Gasteiger partial charge in [-0.05, 0) is 30.3 Å². The molecule has 0 aliphatic heterocycles. The number of anilines is 3. The van der Waals surface area contributed by atoms with Crippen LogP contribution in [0.25, 0.3) is 0 Å². The number of benzene rings is 3. The lowest BCUT2D eigenvalue weighted by Gasteiger charge is -2.25. The summed E-state index contributed by atoms with van der Waals surface area (Å²) in [6, 6.07) is 24.5. The molecule has 0 unspecified atom stereocenters. The number of methoxy groups -OCH3 is 1. The Balaban J connectivity index is 2.15. The molecule has 0 atom stereocenters. The molecular weight excluding hydrogens is 304 g/mol. The van der Waals surface area contributed by atoms with Gasteiger partial charge in [-0.3, -0.25) is 10.1 Å². The molecule has 5 nitrogen and oxygen atoms in total. The second kappa shape index (κ2) is 6.83. The van der Waals surface area contributed by atoms with Crippen LogP contribution in [-0.4, -0.2) is 12.0 Å². The molecule has 0 aromatic heterocycles. The third kappa shape index (κ3) is 3.05. The van der Waals surface area contributed by atoms with Crippen LogP contribution in [-0.2, 0) is 0 Å². The average molecular weight is 320 g/mol. The number of ether oxygens (including phenoxy) is 1. The molecule has 0 radical (unpaired) electrons. The van der Waals surface area contributed by atoms with Gasteiger partial charge in [0.2, 0.25) is 0 Å². The zero-order chi connectivity index (χ0) is 16.9. The Morgan fingerprint density at radius 1 is 0.833 bits per heavy atom. The molecule has 3 rings (SSSR count). The lowest BCUT2D eigenvalue weighted by molar-refractivity contribution is -0.385. The van der Waals surface area contributed by atoms with E-state index in [0.29, 0.717) is 0 Å². The Bertz CT molecular complexity index is 796. The van der Waals surface area contributed by atoms with Crippen LogP contribution in [0.1, 0.15) is 0 Å². The van der Waals surface area contributed by atoms with Crippen molar-refractivity contribution in [2.24, 2.45) is 0 Å². The first kappa shape index (κ1) is 15.6. The number of nitrogens with zero attached hydrogens (tertiary/aromatic N) is 2. The van der Waals surface area contributed by atoms with Crippen molar-refractivity contribution in [3.8, 4) is 5.75 Å². The molecule has 0 amide bonds. The van der Waals surface area contributed by atoms with Crippen LogP contribution in [0.5, 0.6) is 5.75 Å². The minimum Gasteiger partial charge on any atom is -0.490 e. The Kier molecular flexibility index (Phi) is 4.43. The fraction of sp³-hybridized carbons (Fsp3) is 0.0526. The van der Waals surface area contributed by atoms with Gasteiger partial charge in [0.05, 0.1) is 17.7 Å². The molecule has 0 aliphatic carbocycles. The largest absolute Gasteiger partial charge is 0.490 e. The molecule has 0 heterocycles. The van der Waals surface area contributed by atoms with E-state index in [4.69, 9.17) is 4.74 Å². The zero-order valence-corrected chi connectivity index (χ0v) is 13.1. The van der Waals surface area contributed by atoms with Crippen molar-refractivity contribution in [1.29, 1.82) is 0 Å². The maximum absolute atomic E-state index is 11.1. The van der Waals surface area contributed by atoms with E-state index in [0.717, 1.165) is 17.1 Å². The summed E-state index contributed by atoms with van der Waals surface area (Å²) in [6.07, 6.45) is 0. The van der Waals surface area contributed by atoms with Gasteiger partial charge < -0.3 is 9.64 Å². The topological polar surface area (TPSA) is 55.6 Å². The molecule has 0 N–H and O–H groups in total. The fourth-order valence-corrected chi connectivity index (χ4v) is 2.56. The summed E-state index contributed by atoms with van der Waals surface area (Å²) >= 11 is 0. The number of hydrogen-bond acceptors (Lipinski definition) is 4. The Labute approximate surface area is 139 Å². The quantitative estimate of drug-likeness (QED) is 0.486. The van der Waals surface area contributed by atoms with E-state index < -0.39 is 4.92 Å². The molecule has 3 aromatic rings. The first-order valence-electron chi connectivity index (χ1n) is 7.43. The second-order valence-electron chi connectivity index (χ2n) is 5.12. The predicted octanol–water partition coefficient (Wildman–Crippen LogP) is 5.07. The Morgan fingerprint density at radius 2 is 1.38 bits per heavy atom. The SMILES string of the molecule is COc1cc(N(c2ccccc2)c2ccccc2)ccc1[N+](=O)[O-]. The van der Waals surface area contributed by atoms with Gasteiger partial charge in [-0.25, -0.2) is 0 Å². The van der Waals surface area contributed by atoms with Crippen molar-refractivity contribution in [2.75, 3.05) is 12.0 Å². The highest BCUT2D eigenvalue weighted by Crippen LogP contribution is 2.38. The molecule has 120 valence electrons. The summed E-state index contributed by atoms with van der Waals surface area (Å²) in [7, 11) is 1.43. The maximum Gasteiger partial charge on any atom is 0.311 e. The highest BCUT2D eigenvalue weighted by atomic mass is 16.6. The highest BCUT2D eigenvalue weighted by molar-refractivity contribution is 5.78. The molecule has 0 saturated carbocycles. The maximum atomic E-state index is 11.1. The van der Waals surface area contributed by atoms with Gasteiger partial charge in [0.25, 0.3) is 0 Å². The van der Waals surface area contributed by atoms with E-state index in [-0.39, 0.29) is 11.4 Å². The standard InChI is InChI=1S/C19H16N2O3/c1-24-19-14-17(12-13-18(19)21(22)23)20(15-8-4-2-5-9-15)16-10-6-3-7-11-16/h2-14H,1H3. The number of hydrogen-bond donors (Lipinski definition) is 0. The number of para-hydroxylation sites is 2. The average Bonchev–Trinajstić information content (AvgIpc) is 2.63. The van der Waals surface area contributed by atoms with Crippen LogP contribution in [0.2, 0.25) is 0 Å². The summed E-state index contributed by atoms with van der Waals surface area (Å²) < 4.78 is 5.20. The molecule has 0 bridgehead atoms. The van der Waals surface area contributed by atoms with Crippen LogP contribution >= 0.6 is 0 Å². The van der Waals surface area contributed by atoms with E-state index in [9.17, 15) is 10.1 Å². The van der Waals surface area contributed by atoms with Crippen molar-refractivity contribution >= 4 is 22.7 Å². The second-order valence-corrected chi connectivity index (χ2v) is 5.12. The molecule has 0 saturated heterocycles. The number of nitro groups is 1. The van der Waals surface area contributed by atoms with Crippen molar-refractivity contribution in [2.45, 2.75) is 0 Å². The van der Waals surface area contributed by atoms with Crippen molar-refractivity contribution in [3.05, 3.63) is 89.0 Å². The first-order chi connectivity index (χ1) is 11.7. The molecule has 0 fully saturated rings. The van der Waals surface area contributed by atoms with E-state index in [1.807, 2.05) is 65.6 Å². The Hall–Kier alpha value is -3.34. The van der Waals surface area contributed by atoms with Crippen LogP contribution < -0.4 is 9.64 Å². The smallest absolute Gasteiger partial charge is 0.311 e. The lowest BCUT2D eigenvalue weighted by atomic mass is 10.1. The monoisotopic (exact) mass is 320 g/mol. The third-order valence-corrected chi connectivity index (χ3v) is 3.65. The molecule has 5 heteroatoms. The van der Waals surface area contributed by atoms with Gasteiger partial charge in [0, 0.05) is 23.5 Å². The number of rotatable bonds is 5. The van der Waals surface area contributed by atoms with Gasteiger partial charge in [-0.2, -0.15) is 0 Å². The lowest BCUT2D eigenvalue weighted by Crippen LogP contribution is -2.10. The summed E-state index contributed by atoms with van der Waals surface area (Å²) in [5.74, 6) is 0.231. The predicted molar refractivity (Wildman–Crippen MR) is 94.3 cm³/mol.